The van der Waals surface area contributed by atoms with Gasteiger partial charge in [0.05, 0.1) is 10.0 Å². The van der Waals surface area contributed by atoms with Gasteiger partial charge in [-0.05, 0) is 47.9 Å². The van der Waals surface area contributed by atoms with Crippen LogP contribution in [0.2, 0.25) is 10.0 Å². The van der Waals surface area contributed by atoms with Gasteiger partial charge in [0, 0.05) is 52.9 Å². The Kier molecular flexibility index (Phi) is 6.81. The highest BCUT2D eigenvalue weighted by Gasteiger charge is 2.13. The van der Waals surface area contributed by atoms with Gasteiger partial charge in [0.15, 0.2) is 0 Å². The molecule has 1 amide bonds. The summed E-state index contributed by atoms with van der Waals surface area (Å²) in [6.07, 6.45) is 6.22. The van der Waals surface area contributed by atoms with Crippen LogP contribution in [-0.2, 0) is 17.8 Å². The first-order chi connectivity index (χ1) is 17.5. The number of carbonyl (C=O) groups excluding carboxylic acids is 1. The summed E-state index contributed by atoms with van der Waals surface area (Å²) in [5, 5.41) is 15.7. The van der Waals surface area contributed by atoms with Crippen LogP contribution in [0.4, 0.5) is 0 Å². The second-order valence-electron chi connectivity index (χ2n) is 8.51. The summed E-state index contributed by atoms with van der Waals surface area (Å²) in [5.41, 5.74) is 5.04. The number of fused-ring (bicyclic) bond motifs is 2. The number of carbonyl (C=O) groups is 1. The Labute approximate surface area is 218 Å². The molecular weight excluding hydrogens is 491 g/mol. The minimum absolute atomic E-state index is 0.0615. The van der Waals surface area contributed by atoms with Gasteiger partial charge in [-0.1, -0.05) is 65.7 Å². The molecule has 0 spiro atoms. The highest BCUT2D eigenvalue weighted by atomic mass is 35.5. The van der Waals surface area contributed by atoms with Gasteiger partial charge in [0.25, 0.3) is 5.91 Å². The molecule has 0 saturated heterocycles. The quantitative estimate of drug-likeness (QED) is 0.187. The zero-order valence-corrected chi connectivity index (χ0v) is 20.8. The average molecular weight is 513 g/mol. The molecule has 5 rings (SSSR count). The minimum Gasteiger partial charge on any atom is -0.361 e. The van der Waals surface area contributed by atoms with Crippen molar-refractivity contribution in [3.05, 3.63) is 111 Å². The largest absolute Gasteiger partial charge is 0.361 e. The molecule has 36 heavy (non-hydrogen) atoms. The third-order valence-corrected chi connectivity index (χ3v) is 6.92. The van der Waals surface area contributed by atoms with Crippen LogP contribution in [0, 0.1) is 11.3 Å². The number of hydrogen-bond acceptors (Lipinski definition) is 2. The molecule has 0 aliphatic heterocycles. The molecule has 0 unspecified atom stereocenters. The molecular formula is C29H22Cl2N4O. The third kappa shape index (κ3) is 4.87. The van der Waals surface area contributed by atoms with Gasteiger partial charge in [0.2, 0.25) is 0 Å². The summed E-state index contributed by atoms with van der Waals surface area (Å²) in [7, 11) is 0. The van der Waals surface area contributed by atoms with Crippen LogP contribution < -0.4 is 5.32 Å². The van der Waals surface area contributed by atoms with Crippen molar-refractivity contribution in [2.45, 2.75) is 13.0 Å². The van der Waals surface area contributed by atoms with Crippen LogP contribution in [0.25, 0.3) is 27.9 Å². The molecule has 0 saturated carbocycles. The number of para-hydroxylation sites is 2. The number of amides is 1. The van der Waals surface area contributed by atoms with E-state index >= 15 is 0 Å². The Balaban J connectivity index is 1.35. The minimum atomic E-state index is -0.390. The van der Waals surface area contributed by atoms with Crippen LogP contribution in [-0.4, -0.2) is 22.0 Å². The SMILES string of the molecule is N#C/C(=C/c1cn(Cc2ccc(Cl)c(Cl)c2)c2ccccc12)C(=O)NCCc1c[nH]c2ccccc12. The standard InChI is InChI=1S/C29H22Cl2N4O/c30-25-10-9-19(13-26(25)31)17-35-18-22(24-6-2-4-8-28(24)35)14-21(15-32)29(36)33-12-11-20-16-34-27-7-3-1-5-23(20)27/h1-10,13-14,16,18,34H,11-12,17H2,(H,33,36)/b21-14-. The first-order valence-corrected chi connectivity index (χ1v) is 12.3. The molecule has 178 valence electrons. The number of nitrogens with zero attached hydrogens (tertiary/aromatic N) is 2. The van der Waals surface area contributed by atoms with E-state index < -0.39 is 5.91 Å². The predicted molar refractivity (Wildman–Crippen MR) is 146 cm³/mol. The van der Waals surface area contributed by atoms with Crippen LogP contribution >= 0.6 is 23.2 Å². The monoisotopic (exact) mass is 512 g/mol. The van der Waals surface area contributed by atoms with Gasteiger partial charge in [-0.2, -0.15) is 5.26 Å². The number of nitrogens with one attached hydrogen (secondary N) is 2. The maximum absolute atomic E-state index is 12.8. The van der Waals surface area contributed by atoms with Crippen molar-refractivity contribution in [1.29, 1.82) is 5.26 Å². The van der Waals surface area contributed by atoms with Gasteiger partial charge in [-0.3, -0.25) is 4.79 Å². The van der Waals surface area contributed by atoms with E-state index in [1.54, 1.807) is 12.1 Å². The number of aromatic nitrogens is 2. The molecule has 0 radical (unpaired) electrons. The normalized spacial score (nSPS) is 11.6. The van der Waals surface area contributed by atoms with Crippen molar-refractivity contribution >= 4 is 57.0 Å². The summed E-state index contributed by atoms with van der Waals surface area (Å²) in [6, 6.07) is 23.6. The Morgan fingerprint density at radius 3 is 2.61 bits per heavy atom. The van der Waals surface area contributed by atoms with E-state index in [0.717, 1.165) is 38.5 Å². The van der Waals surface area contributed by atoms with Crippen molar-refractivity contribution in [3.8, 4) is 6.07 Å². The second kappa shape index (κ2) is 10.3. The summed E-state index contributed by atoms with van der Waals surface area (Å²) in [4.78, 5) is 16.1. The molecule has 0 bridgehead atoms. The number of benzene rings is 3. The van der Waals surface area contributed by atoms with Gasteiger partial charge < -0.3 is 14.9 Å². The number of nitriles is 1. The maximum atomic E-state index is 12.8. The van der Waals surface area contributed by atoms with Crippen LogP contribution in [0.5, 0.6) is 0 Å². The van der Waals surface area contributed by atoms with E-state index in [1.807, 2.05) is 67.0 Å². The van der Waals surface area contributed by atoms with Gasteiger partial charge in [0.1, 0.15) is 11.6 Å². The molecule has 0 aliphatic carbocycles. The smallest absolute Gasteiger partial charge is 0.261 e. The van der Waals surface area contributed by atoms with Gasteiger partial charge in [-0.15, -0.1) is 0 Å². The molecule has 0 atom stereocenters. The summed E-state index contributed by atoms with van der Waals surface area (Å²) in [6.45, 7) is 1.00. The Morgan fingerprint density at radius 1 is 1.03 bits per heavy atom. The van der Waals surface area contributed by atoms with Crippen molar-refractivity contribution < 1.29 is 4.79 Å². The Morgan fingerprint density at radius 2 is 1.81 bits per heavy atom. The van der Waals surface area contributed by atoms with Crippen LogP contribution in [0.1, 0.15) is 16.7 Å². The fourth-order valence-electron chi connectivity index (χ4n) is 4.40. The van der Waals surface area contributed by atoms with Crippen molar-refractivity contribution in [3.63, 3.8) is 0 Å². The number of aromatic amines is 1. The first-order valence-electron chi connectivity index (χ1n) is 11.5. The molecule has 3 aromatic carbocycles. The van der Waals surface area contributed by atoms with Crippen molar-refractivity contribution in [1.82, 2.24) is 14.9 Å². The van der Waals surface area contributed by atoms with E-state index in [2.05, 4.69) is 27.0 Å². The first kappa shape index (κ1) is 23.7. The Hall–Kier alpha value is -3.98. The highest BCUT2D eigenvalue weighted by Crippen LogP contribution is 2.27. The predicted octanol–water partition coefficient (Wildman–Crippen LogP) is 6.74. The Bertz CT molecular complexity index is 1660. The lowest BCUT2D eigenvalue weighted by molar-refractivity contribution is -0.117. The number of rotatable bonds is 7. The fraction of sp³-hybridized carbons (Fsp3) is 0.103. The highest BCUT2D eigenvalue weighted by molar-refractivity contribution is 6.42. The zero-order chi connectivity index (χ0) is 25.1. The van der Waals surface area contributed by atoms with Gasteiger partial charge >= 0.3 is 0 Å². The number of halogens is 2. The molecule has 5 aromatic rings. The fourth-order valence-corrected chi connectivity index (χ4v) is 4.72. The average Bonchev–Trinajstić information content (AvgIpc) is 3.46. The van der Waals surface area contributed by atoms with E-state index in [9.17, 15) is 10.1 Å². The molecule has 0 fully saturated rings. The summed E-state index contributed by atoms with van der Waals surface area (Å²) < 4.78 is 2.07. The molecule has 2 aromatic heterocycles. The lowest BCUT2D eigenvalue weighted by Crippen LogP contribution is -2.26. The second-order valence-corrected chi connectivity index (χ2v) is 9.33. The topological polar surface area (TPSA) is 73.6 Å². The van der Waals surface area contributed by atoms with Gasteiger partial charge in [-0.25, -0.2) is 0 Å². The summed E-state index contributed by atoms with van der Waals surface area (Å²) >= 11 is 12.3. The zero-order valence-electron chi connectivity index (χ0n) is 19.3. The lowest BCUT2D eigenvalue weighted by Gasteiger charge is -2.06. The third-order valence-electron chi connectivity index (χ3n) is 6.18. The molecule has 2 N–H and O–H groups in total. The summed E-state index contributed by atoms with van der Waals surface area (Å²) in [5.74, 6) is -0.390. The van der Waals surface area contributed by atoms with Crippen LogP contribution in [0.15, 0.2) is 84.7 Å². The number of hydrogen-bond donors (Lipinski definition) is 2. The molecule has 7 heteroatoms. The van der Waals surface area contributed by atoms with E-state index in [1.165, 1.54) is 0 Å². The van der Waals surface area contributed by atoms with E-state index in [-0.39, 0.29) is 5.57 Å². The lowest BCUT2D eigenvalue weighted by atomic mass is 10.1. The maximum Gasteiger partial charge on any atom is 0.261 e. The molecule has 5 nitrogen and oxygen atoms in total. The van der Waals surface area contributed by atoms with E-state index in [4.69, 9.17) is 23.2 Å². The number of H-pyrrole nitrogens is 1. The van der Waals surface area contributed by atoms with Crippen molar-refractivity contribution in [2.75, 3.05) is 6.54 Å². The van der Waals surface area contributed by atoms with E-state index in [0.29, 0.717) is 29.6 Å². The van der Waals surface area contributed by atoms with Crippen LogP contribution in [0.3, 0.4) is 0 Å². The van der Waals surface area contributed by atoms with Crippen molar-refractivity contribution in [2.24, 2.45) is 0 Å². The molecule has 0 aliphatic rings. The molecule has 2 heterocycles.